The van der Waals surface area contributed by atoms with Crippen molar-refractivity contribution >= 4 is 11.8 Å². The van der Waals surface area contributed by atoms with Crippen LogP contribution in [0, 0.1) is 0 Å². The van der Waals surface area contributed by atoms with Gasteiger partial charge in [0.25, 0.3) is 5.91 Å². The van der Waals surface area contributed by atoms with Gasteiger partial charge in [-0.2, -0.15) is 0 Å². The van der Waals surface area contributed by atoms with Crippen LogP contribution in [0.15, 0.2) is 48.5 Å². The molecule has 0 aliphatic carbocycles. The van der Waals surface area contributed by atoms with E-state index >= 15 is 0 Å². The molecule has 0 heterocycles. The van der Waals surface area contributed by atoms with Crippen molar-refractivity contribution in [1.29, 1.82) is 0 Å². The first kappa shape index (κ1) is 18.3. The number of carbonyl (C=O) groups excluding carboxylic acids is 2. The highest BCUT2D eigenvalue weighted by Gasteiger charge is 2.10. The van der Waals surface area contributed by atoms with Crippen molar-refractivity contribution in [1.82, 2.24) is 10.6 Å². The monoisotopic (exact) mass is 342 g/mol. The largest absolute Gasteiger partial charge is 0.497 e. The van der Waals surface area contributed by atoms with Gasteiger partial charge in [-0.3, -0.25) is 9.59 Å². The van der Waals surface area contributed by atoms with E-state index in [-0.39, 0.29) is 18.2 Å². The number of hydrogen-bond acceptors (Lipinski definition) is 4. The van der Waals surface area contributed by atoms with Gasteiger partial charge >= 0.3 is 0 Å². The predicted molar refractivity (Wildman–Crippen MR) is 95.0 cm³/mol. The van der Waals surface area contributed by atoms with Crippen LogP contribution >= 0.6 is 0 Å². The van der Waals surface area contributed by atoms with Gasteiger partial charge in [0.1, 0.15) is 11.5 Å². The van der Waals surface area contributed by atoms with E-state index in [0.717, 1.165) is 5.56 Å². The summed E-state index contributed by atoms with van der Waals surface area (Å²) in [4.78, 5) is 24.0. The van der Waals surface area contributed by atoms with Gasteiger partial charge in [0.05, 0.1) is 20.6 Å². The Labute approximate surface area is 147 Å². The lowest BCUT2D eigenvalue weighted by molar-refractivity contribution is -0.120. The molecule has 0 atom stereocenters. The van der Waals surface area contributed by atoms with E-state index < -0.39 is 0 Å². The Morgan fingerprint density at radius 2 is 1.64 bits per heavy atom. The highest BCUT2D eigenvalue weighted by molar-refractivity contribution is 5.94. The van der Waals surface area contributed by atoms with Crippen LogP contribution in [0.5, 0.6) is 11.5 Å². The molecular formula is C19H22N2O4. The third-order valence-electron chi connectivity index (χ3n) is 3.61. The first-order valence-corrected chi connectivity index (χ1v) is 7.95. The molecule has 0 aliphatic rings. The van der Waals surface area contributed by atoms with E-state index in [2.05, 4.69) is 10.6 Å². The summed E-state index contributed by atoms with van der Waals surface area (Å²) in [6.07, 6.45) is 0.174. The van der Waals surface area contributed by atoms with Crippen molar-refractivity contribution in [3.63, 3.8) is 0 Å². The average molecular weight is 342 g/mol. The van der Waals surface area contributed by atoms with Gasteiger partial charge in [0.15, 0.2) is 0 Å². The molecule has 2 aromatic rings. The normalized spacial score (nSPS) is 10.0. The van der Waals surface area contributed by atoms with Gasteiger partial charge in [-0.05, 0) is 30.3 Å². The fourth-order valence-electron chi connectivity index (χ4n) is 2.33. The minimum absolute atomic E-state index is 0.152. The van der Waals surface area contributed by atoms with E-state index in [1.807, 2.05) is 6.07 Å². The second-order valence-corrected chi connectivity index (χ2v) is 5.33. The summed E-state index contributed by atoms with van der Waals surface area (Å²) < 4.78 is 10.4. The molecule has 6 heteroatoms. The summed E-state index contributed by atoms with van der Waals surface area (Å²) in [5.74, 6) is 0.983. The molecule has 0 radical (unpaired) electrons. The molecule has 2 N–H and O–H groups in total. The number of methoxy groups -OCH3 is 2. The van der Waals surface area contributed by atoms with Crippen LogP contribution in [-0.4, -0.2) is 39.1 Å². The lowest BCUT2D eigenvalue weighted by atomic mass is 10.1. The number of hydrogen-bond donors (Lipinski definition) is 2. The number of rotatable bonds is 8. The van der Waals surface area contributed by atoms with Crippen molar-refractivity contribution in [3.05, 3.63) is 59.7 Å². The number of ether oxygens (including phenoxy) is 2. The van der Waals surface area contributed by atoms with Crippen LogP contribution in [0.3, 0.4) is 0 Å². The zero-order valence-electron chi connectivity index (χ0n) is 14.4. The van der Waals surface area contributed by atoms with Gasteiger partial charge in [-0.15, -0.1) is 0 Å². The Bertz CT molecular complexity index is 717. The summed E-state index contributed by atoms with van der Waals surface area (Å²) in [7, 11) is 3.13. The van der Waals surface area contributed by atoms with Crippen LogP contribution in [0.4, 0.5) is 0 Å². The summed E-state index contributed by atoms with van der Waals surface area (Å²) in [6, 6.07) is 14.3. The molecule has 25 heavy (non-hydrogen) atoms. The minimum atomic E-state index is -0.163. The first-order valence-electron chi connectivity index (χ1n) is 7.95. The van der Waals surface area contributed by atoms with Crippen molar-refractivity contribution in [2.75, 3.05) is 27.3 Å². The Kier molecular flexibility index (Phi) is 6.83. The molecule has 0 saturated heterocycles. The van der Waals surface area contributed by atoms with Crippen LogP contribution in [-0.2, 0) is 11.2 Å². The Hall–Kier alpha value is -3.02. The Morgan fingerprint density at radius 1 is 0.920 bits per heavy atom. The first-order chi connectivity index (χ1) is 12.1. The SMILES string of the molecule is COc1ccc(OC)c(CC(=O)NCCNC(=O)c2ccccc2)c1. The lowest BCUT2D eigenvalue weighted by Gasteiger charge is -2.11. The van der Waals surface area contributed by atoms with E-state index in [1.165, 1.54) is 0 Å². The van der Waals surface area contributed by atoms with Crippen molar-refractivity contribution in [3.8, 4) is 11.5 Å². The standard InChI is InChI=1S/C19H22N2O4/c1-24-16-8-9-17(25-2)15(12-16)13-18(22)20-10-11-21-19(23)14-6-4-3-5-7-14/h3-9,12H,10-11,13H2,1-2H3,(H,20,22)(H,21,23). The summed E-state index contributed by atoms with van der Waals surface area (Å²) in [6.45, 7) is 0.707. The predicted octanol–water partition coefficient (Wildman–Crippen LogP) is 1.79. The third kappa shape index (κ3) is 5.53. The smallest absolute Gasteiger partial charge is 0.251 e. The molecule has 0 bridgehead atoms. The molecule has 0 saturated carbocycles. The molecule has 0 aromatic heterocycles. The molecule has 2 amide bonds. The number of nitrogens with one attached hydrogen (secondary N) is 2. The summed E-state index contributed by atoms with van der Waals surface area (Å²) in [5, 5.41) is 5.54. The molecule has 0 fully saturated rings. The zero-order chi connectivity index (χ0) is 18.1. The van der Waals surface area contributed by atoms with Crippen molar-refractivity contribution < 1.29 is 19.1 Å². The van der Waals surface area contributed by atoms with Crippen LogP contribution in [0.25, 0.3) is 0 Å². The summed E-state index contributed by atoms with van der Waals surface area (Å²) in [5.41, 5.74) is 1.34. The number of benzene rings is 2. The molecule has 0 unspecified atom stereocenters. The van der Waals surface area contributed by atoms with E-state index in [4.69, 9.17) is 9.47 Å². The van der Waals surface area contributed by atoms with Gasteiger partial charge in [0.2, 0.25) is 5.91 Å². The van der Waals surface area contributed by atoms with Gasteiger partial charge in [-0.25, -0.2) is 0 Å². The second kappa shape index (κ2) is 9.32. The van der Waals surface area contributed by atoms with Crippen LogP contribution in [0.1, 0.15) is 15.9 Å². The van der Waals surface area contributed by atoms with Crippen molar-refractivity contribution in [2.24, 2.45) is 0 Å². The number of carbonyl (C=O) groups is 2. The van der Waals surface area contributed by atoms with Gasteiger partial charge in [0, 0.05) is 24.2 Å². The van der Waals surface area contributed by atoms with Crippen LogP contribution in [0.2, 0.25) is 0 Å². The fraction of sp³-hybridized carbons (Fsp3) is 0.263. The van der Waals surface area contributed by atoms with Gasteiger partial charge < -0.3 is 20.1 Å². The highest BCUT2D eigenvalue weighted by Crippen LogP contribution is 2.24. The number of amides is 2. The van der Waals surface area contributed by atoms with E-state index in [9.17, 15) is 9.59 Å². The molecule has 6 nitrogen and oxygen atoms in total. The Balaban J connectivity index is 1.78. The maximum Gasteiger partial charge on any atom is 0.251 e. The maximum atomic E-state index is 12.1. The zero-order valence-corrected chi connectivity index (χ0v) is 14.4. The quantitative estimate of drug-likeness (QED) is 0.717. The highest BCUT2D eigenvalue weighted by atomic mass is 16.5. The Morgan fingerprint density at radius 3 is 2.32 bits per heavy atom. The average Bonchev–Trinajstić information content (AvgIpc) is 2.65. The van der Waals surface area contributed by atoms with Gasteiger partial charge in [-0.1, -0.05) is 18.2 Å². The topological polar surface area (TPSA) is 76.7 Å². The minimum Gasteiger partial charge on any atom is -0.497 e. The molecule has 0 aliphatic heterocycles. The molecule has 132 valence electrons. The maximum absolute atomic E-state index is 12.1. The third-order valence-corrected chi connectivity index (χ3v) is 3.61. The molecule has 0 spiro atoms. The second-order valence-electron chi connectivity index (χ2n) is 5.33. The molecular weight excluding hydrogens is 320 g/mol. The lowest BCUT2D eigenvalue weighted by Crippen LogP contribution is -2.35. The summed E-state index contributed by atoms with van der Waals surface area (Å²) >= 11 is 0. The molecule has 2 rings (SSSR count). The fourth-order valence-corrected chi connectivity index (χ4v) is 2.33. The molecule has 2 aromatic carbocycles. The van der Waals surface area contributed by atoms with Crippen LogP contribution < -0.4 is 20.1 Å². The van der Waals surface area contributed by atoms with Crippen molar-refractivity contribution in [2.45, 2.75) is 6.42 Å². The van der Waals surface area contributed by atoms with E-state index in [1.54, 1.807) is 56.7 Å². The van der Waals surface area contributed by atoms with E-state index in [0.29, 0.717) is 30.2 Å².